The molecule has 0 unspecified atom stereocenters. The van der Waals surface area contributed by atoms with Crippen LogP contribution in [0, 0.1) is 0 Å². The Labute approximate surface area is 154 Å². The largest absolute Gasteiger partial charge is 0.394 e. The van der Waals surface area contributed by atoms with Crippen LogP contribution >= 0.6 is 0 Å². The molecule has 2 atom stereocenters. The number of aliphatic hydroxyl groups is 1. The summed E-state index contributed by atoms with van der Waals surface area (Å²) in [6.45, 7) is 0.617. The quantitative estimate of drug-likeness (QED) is 0.674. The summed E-state index contributed by atoms with van der Waals surface area (Å²) in [6, 6.07) is 31.5. The van der Waals surface area contributed by atoms with E-state index in [9.17, 15) is 5.11 Å². The van der Waals surface area contributed by atoms with E-state index in [0.29, 0.717) is 6.61 Å². The van der Waals surface area contributed by atoms with E-state index in [4.69, 9.17) is 4.74 Å². The Bertz CT molecular complexity index is 722. The molecule has 0 radical (unpaired) electrons. The molecule has 132 valence electrons. The lowest BCUT2D eigenvalue weighted by molar-refractivity contribution is -0.115. The minimum atomic E-state index is -0.508. The lowest BCUT2D eigenvalue weighted by atomic mass is 9.76. The van der Waals surface area contributed by atoms with Gasteiger partial charge in [0, 0.05) is 0 Å². The maximum Gasteiger partial charge on any atom is 0.0981 e. The molecule has 3 nitrogen and oxygen atoms in total. The van der Waals surface area contributed by atoms with E-state index in [1.54, 1.807) is 0 Å². The average molecular weight is 345 g/mol. The third kappa shape index (κ3) is 2.95. The van der Waals surface area contributed by atoms with E-state index in [-0.39, 0.29) is 18.8 Å². The predicted octanol–water partition coefficient (Wildman–Crippen LogP) is 3.33. The van der Waals surface area contributed by atoms with Gasteiger partial charge in [-0.15, -0.1) is 0 Å². The zero-order valence-electron chi connectivity index (χ0n) is 14.6. The zero-order chi connectivity index (χ0) is 17.8. The SMILES string of the molecule is OC[C@@H]1OC[C@@H]1NC(c1ccccc1)(c1ccccc1)c1ccccc1. The van der Waals surface area contributed by atoms with Crippen LogP contribution in [0.5, 0.6) is 0 Å². The number of benzene rings is 3. The first-order valence-corrected chi connectivity index (χ1v) is 9.01. The van der Waals surface area contributed by atoms with E-state index in [1.165, 1.54) is 16.7 Å². The molecule has 3 heteroatoms. The highest BCUT2D eigenvalue weighted by atomic mass is 16.5. The molecule has 1 heterocycles. The molecule has 0 aromatic heterocycles. The number of aliphatic hydroxyl groups excluding tert-OH is 1. The second-order valence-corrected chi connectivity index (χ2v) is 6.65. The average Bonchev–Trinajstić information content (AvgIpc) is 2.70. The number of rotatable bonds is 6. The Morgan fingerprint density at radius 1 is 0.769 bits per heavy atom. The van der Waals surface area contributed by atoms with Crippen LogP contribution in [0.15, 0.2) is 91.0 Å². The van der Waals surface area contributed by atoms with E-state index in [0.717, 1.165) is 0 Å². The Balaban J connectivity index is 1.91. The van der Waals surface area contributed by atoms with Gasteiger partial charge in [0.15, 0.2) is 0 Å². The summed E-state index contributed by atoms with van der Waals surface area (Å²) in [5, 5.41) is 13.4. The first-order valence-electron chi connectivity index (χ1n) is 9.01. The van der Waals surface area contributed by atoms with Crippen LogP contribution in [0.4, 0.5) is 0 Å². The van der Waals surface area contributed by atoms with Crippen molar-refractivity contribution in [3.63, 3.8) is 0 Å². The van der Waals surface area contributed by atoms with Crippen LogP contribution in [-0.2, 0) is 10.3 Å². The van der Waals surface area contributed by atoms with Gasteiger partial charge in [0.05, 0.1) is 30.9 Å². The van der Waals surface area contributed by atoms with Crippen molar-refractivity contribution in [2.24, 2.45) is 0 Å². The van der Waals surface area contributed by atoms with Crippen LogP contribution in [-0.4, -0.2) is 30.5 Å². The first kappa shape index (κ1) is 17.0. The van der Waals surface area contributed by atoms with Crippen molar-refractivity contribution in [3.05, 3.63) is 108 Å². The van der Waals surface area contributed by atoms with Crippen molar-refractivity contribution in [3.8, 4) is 0 Å². The predicted molar refractivity (Wildman–Crippen MR) is 103 cm³/mol. The maximum absolute atomic E-state index is 9.60. The van der Waals surface area contributed by atoms with Gasteiger partial charge in [-0.3, -0.25) is 5.32 Å². The first-order chi connectivity index (χ1) is 12.8. The van der Waals surface area contributed by atoms with Crippen LogP contribution in [0.1, 0.15) is 16.7 Å². The fourth-order valence-corrected chi connectivity index (χ4v) is 3.74. The van der Waals surface area contributed by atoms with E-state index in [1.807, 2.05) is 18.2 Å². The summed E-state index contributed by atoms with van der Waals surface area (Å²) in [7, 11) is 0. The van der Waals surface area contributed by atoms with Gasteiger partial charge in [0.25, 0.3) is 0 Å². The topological polar surface area (TPSA) is 41.5 Å². The molecular formula is C23H23NO2. The molecule has 1 fully saturated rings. The van der Waals surface area contributed by atoms with Crippen LogP contribution in [0.2, 0.25) is 0 Å². The van der Waals surface area contributed by atoms with Gasteiger partial charge in [-0.25, -0.2) is 0 Å². The molecule has 0 aliphatic carbocycles. The fourth-order valence-electron chi connectivity index (χ4n) is 3.74. The molecular weight excluding hydrogens is 322 g/mol. The van der Waals surface area contributed by atoms with Gasteiger partial charge in [0.1, 0.15) is 0 Å². The lowest BCUT2D eigenvalue weighted by Gasteiger charge is -2.45. The molecule has 2 N–H and O–H groups in total. The Kier molecular flexibility index (Phi) is 4.85. The molecule has 1 aliphatic heterocycles. The van der Waals surface area contributed by atoms with Crippen molar-refractivity contribution in [2.75, 3.05) is 13.2 Å². The van der Waals surface area contributed by atoms with Crippen LogP contribution in [0.3, 0.4) is 0 Å². The molecule has 4 rings (SSSR count). The summed E-state index contributed by atoms with van der Waals surface area (Å²) in [6.07, 6.45) is -0.175. The molecule has 3 aromatic carbocycles. The Hall–Kier alpha value is -2.46. The highest BCUT2D eigenvalue weighted by Crippen LogP contribution is 2.38. The monoisotopic (exact) mass is 345 g/mol. The van der Waals surface area contributed by atoms with Crippen LogP contribution < -0.4 is 5.32 Å². The normalized spacial score (nSPS) is 19.7. The van der Waals surface area contributed by atoms with Crippen molar-refractivity contribution < 1.29 is 9.84 Å². The van der Waals surface area contributed by atoms with Gasteiger partial charge >= 0.3 is 0 Å². The second-order valence-electron chi connectivity index (χ2n) is 6.65. The molecule has 0 amide bonds. The Morgan fingerprint density at radius 2 is 1.19 bits per heavy atom. The molecule has 0 saturated carbocycles. The highest BCUT2D eigenvalue weighted by molar-refractivity contribution is 5.49. The standard InChI is InChI=1S/C23H23NO2/c25-16-22-21(17-26-22)24-23(18-10-4-1-5-11-18,19-12-6-2-7-13-19)20-14-8-3-9-15-20/h1-15,21-22,24-25H,16-17H2/t21-,22-/m0/s1. The highest BCUT2D eigenvalue weighted by Gasteiger charge is 2.43. The van der Waals surface area contributed by atoms with Crippen molar-refractivity contribution >= 4 is 0 Å². The minimum absolute atomic E-state index is 0.0200. The van der Waals surface area contributed by atoms with Crippen molar-refractivity contribution in [1.29, 1.82) is 0 Å². The summed E-state index contributed by atoms with van der Waals surface area (Å²) in [4.78, 5) is 0. The molecule has 1 aliphatic rings. The van der Waals surface area contributed by atoms with E-state index >= 15 is 0 Å². The maximum atomic E-state index is 9.60. The summed E-state index contributed by atoms with van der Waals surface area (Å²) in [5.74, 6) is 0. The van der Waals surface area contributed by atoms with Gasteiger partial charge in [-0.1, -0.05) is 91.0 Å². The van der Waals surface area contributed by atoms with Gasteiger partial charge in [-0.05, 0) is 16.7 Å². The third-order valence-corrected chi connectivity index (χ3v) is 5.14. The van der Waals surface area contributed by atoms with Gasteiger partial charge in [0.2, 0.25) is 0 Å². The third-order valence-electron chi connectivity index (χ3n) is 5.14. The second kappa shape index (κ2) is 7.42. The number of hydrogen-bond acceptors (Lipinski definition) is 3. The van der Waals surface area contributed by atoms with Crippen molar-refractivity contribution in [2.45, 2.75) is 17.7 Å². The number of hydrogen-bond donors (Lipinski definition) is 2. The number of ether oxygens (including phenoxy) is 1. The zero-order valence-corrected chi connectivity index (χ0v) is 14.6. The van der Waals surface area contributed by atoms with Gasteiger partial charge < -0.3 is 9.84 Å². The molecule has 3 aromatic rings. The smallest absolute Gasteiger partial charge is 0.0981 e. The lowest BCUT2D eigenvalue weighted by Crippen LogP contribution is -2.62. The van der Waals surface area contributed by atoms with Crippen molar-refractivity contribution in [1.82, 2.24) is 5.32 Å². The van der Waals surface area contributed by atoms with E-state index in [2.05, 4.69) is 78.1 Å². The molecule has 0 bridgehead atoms. The summed E-state index contributed by atoms with van der Waals surface area (Å²) in [5.41, 5.74) is 2.99. The molecule has 1 saturated heterocycles. The minimum Gasteiger partial charge on any atom is -0.394 e. The van der Waals surface area contributed by atoms with Crippen LogP contribution in [0.25, 0.3) is 0 Å². The molecule has 26 heavy (non-hydrogen) atoms. The van der Waals surface area contributed by atoms with Gasteiger partial charge in [-0.2, -0.15) is 0 Å². The van der Waals surface area contributed by atoms with E-state index < -0.39 is 5.54 Å². The summed E-state index contributed by atoms with van der Waals surface area (Å²) < 4.78 is 5.53. The fraction of sp³-hybridized carbons (Fsp3) is 0.217. The number of nitrogens with one attached hydrogen (secondary N) is 1. The molecule has 0 spiro atoms. The Morgan fingerprint density at radius 3 is 1.50 bits per heavy atom. The summed E-state index contributed by atoms with van der Waals surface area (Å²) >= 11 is 0.